The van der Waals surface area contributed by atoms with Crippen LogP contribution >= 0.6 is 0 Å². The average Bonchev–Trinajstić information content (AvgIpc) is 1.88. The highest BCUT2D eigenvalue weighted by atomic mass is 14.9. The second-order valence-corrected chi connectivity index (χ2v) is 2.80. The predicted molar refractivity (Wildman–Crippen MR) is 44.3 cm³/mol. The number of rotatable bonds is 2. The van der Waals surface area contributed by atoms with Gasteiger partial charge < -0.3 is 5.32 Å². The minimum Gasteiger partial charge on any atom is -0.386 e. The van der Waals surface area contributed by atoms with E-state index in [2.05, 4.69) is 24.2 Å². The largest absolute Gasteiger partial charge is 0.386 e. The predicted octanol–water partition coefficient (Wildman–Crippen LogP) is 1.34. The summed E-state index contributed by atoms with van der Waals surface area (Å²) in [5.74, 6) is 0. The van der Waals surface area contributed by atoms with E-state index in [4.69, 9.17) is 0 Å². The smallest absolute Gasteiger partial charge is 0.0443 e. The Morgan fingerprint density at radius 2 is 2.40 bits per heavy atom. The molecule has 1 aliphatic heterocycles. The first-order chi connectivity index (χ1) is 4.79. The third-order valence-electron chi connectivity index (χ3n) is 1.37. The summed E-state index contributed by atoms with van der Waals surface area (Å²) in [5, 5.41) is 3.35. The Labute approximate surface area is 62.0 Å². The molecule has 1 heterocycles. The summed E-state index contributed by atoms with van der Waals surface area (Å²) in [6, 6.07) is 0.540. The summed E-state index contributed by atoms with van der Waals surface area (Å²) >= 11 is 0. The highest BCUT2D eigenvalue weighted by Crippen LogP contribution is 2.01. The standard InChI is InChI=1S/C8H14N2/c1-7(2)10-8-3-5-9-6-4-8/h3,5,7,10H,4,6H2,1-2H3. The van der Waals surface area contributed by atoms with Gasteiger partial charge in [0, 0.05) is 30.9 Å². The zero-order chi connectivity index (χ0) is 7.40. The second-order valence-electron chi connectivity index (χ2n) is 2.80. The summed E-state index contributed by atoms with van der Waals surface area (Å²) in [7, 11) is 0. The van der Waals surface area contributed by atoms with E-state index in [1.807, 2.05) is 12.3 Å². The van der Waals surface area contributed by atoms with Crippen LogP contribution < -0.4 is 5.32 Å². The van der Waals surface area contributed by atoms with Gasteiger partial charge in [0.2, 0.25) is 0 Å². The SMILES string of the molecule is CC(C)NC1=CC=NCC1. The van der Waals surface area contributed by atoms with Gasteiger partial charge in [-0.15, -0.1) is 0 Å². The Bertz CT molecular complexity index is 157. The molecule has 1 N–H and O–H groups in total. The third-order valence-corrected chi connectivity index (χ3v) is 1.37. The molecule has 0 atom stereocenters. The summed E-state index contributed by atoms with van der Waals surface area (Å²) < 4.78 is 0. The van der Waals surface area contributed by atoms with Gasteiger partial charge in [-0.2, -0.15) is 0 Å². The fraction of sp³-hybridized carbons (Fsp3) is 0.625. The Morgan fingerprint density at radius 3 is 2.90 bits per heavy atom. The topological polar surface area (TPSA) is 24.4 Å². The maximum absolute atomic E-state index is 4.09. The van der Waals surface area contributed by atoms with E-state index in [9.17, 15) is 0 Å². The summed E-state index contributed by atoms with van der Waals surface area (Å²) in [6.45, 7) is 5.23. The molecule has 0 saturated carbocycles. The van der Waals surface area contributed by atoms with Gasteiger partial charge in [-0.1, -0.05) is 0 Å². The molecule has 2 heteroatoms. The number of nitrogens with one attached hydrogen (secondary N) is 1. The second kappa shape index (κ2) is 3.40. The van der Waals surface area contributed by atoms with Gasteiger partial charge >= 0.3 is 0 Å². The lowest BCUT2D eigenvalue weighted by Crippen LogP contribution is -2.23. The van der Waals surface area contributed by atoms with Crippen LogP contribution in [0, 0.1) is 0 Å². The molecule has 0 radical (unpaired) electrons. The van der Waals surface area contributed by atoms with Gasteiger partial charge in [-0.3, -0.25) is 4.99 Å². The average molecular weight is 138 g/mol. The maximum atomic E-state index is 4.09. The molecule has 2 nitrogen and oxygen atoms in total. The Hall–Kier alpha value is -0.790. The van der Waals surface area contributed by atoms with Crippen molar-refractivity contribution < 1.29 is 0 Å². The van der Waals surface area contributed by atoms with Crippen molar-refractivity contribution >= 4 is 6.21 Å². The monoisotopic (exact) mass is 138 g/mol. The number of dihydropyridines is 1. The molecule has 0 bridgehead atoms. The van der Waals surface area contributed by atoms with E-state index in [-0.39, 0.29) is 0 Å². The molecule has 0 fully saturated rings. The molecule has 0 saturated heterocycles. The van der Waals surface area contributed by atoms with Gasteiger partial charge in [0.1, 0.15) is 0 Å². The number of hydrogen-bond donors (Lipinski definition) is 1. The molecular formula is C8H14N2. The minimum absolute atomic E-state index is 0.540. The van der Waals surface area contributed by atoms with Gasteiger partial charge in [0.25, 0.3) is 0 Å². The lowest BCUT2D eigenvalue weighted by molar-refractivity contribution is 0.642. The van der Waals surface area contributed by atoms with E-state index >= 15 is 0 Å². The molecule has 1 rings (SSSR count). The third kappa shape index (κ3) is 2.21. The van der Waals surface area contributed by atoms with E-state index in [0.29, 0.717) is 6.04 Å². The molecule has 0 aromatic rings. The van der Waals surface area contributed by atoms with Crippen molar-refractivity contribution in [3.8, 4) is 0 Å². The summed E-state index contributed by atoms with van der Waals surface area (Å²) in [5.41, 5.74) is 1.31. The normalized spacial score (nSPS) is 17.3. The Balaban J connectivity index is 2.39. The minimum atomic E-state index is 0.540. The number of nitrogens with zero attached hydrogens (tertiary/aromatic N) is 1. The molecule has 10 heavy (non-hydrogen) atoms. The zero-order valence-corrected chi connectivity index (χ0v) is 6.59. The molecule has 0 spiro atoms. The van der Waals surface area contributed by atoms with Crippen LogP contribution in [-0.2, 0) is 0 Å². The maximum Gasteiger partial charge on any atom is 0.0443 e. The van der Waals surface area contributed by atoms with Crippen LogP contribution in [0.15, 0.2) is 16.8 Å². The van der Waals surface area contributed by atoms with Crippen molar-refractivity contribution in [3.05, 3.63) is 11.8 Å². The summed E-state index contributed by atoms with van der Waals surface area (Å²) in [6.07, 6.45) is 4.98. The van der Waals surface area contributed by atoms with Gasteiger partial charge in [-0.25, -0.2) is 0 Å². The first-order valence-electron chi connectivity index (χ1n) is 3.74. The Kier molecular flexibility index (Phi) is 2.49. The fourth-order valence-electron chi connectivity index (χ4n) is 0.977. The first kappa shape index (κ1) is 7.32. The Morgan fingerprint density at radius 1 is 1.60 bits per heavy atom. The molecule has 1 aliphatic rings. The van der Waals surface area contributed by atoms with E-state index in [0.717, 1.165) is 13.0 Å². The zero-order valence-electron chi connectivity index (χ0n) is 6.59. The lowest BCUT2D eigenvalue weighted by atomic mass is 10.2. The van der Waals surface area contributed by atoms with Crippen LogP contribution in [0.4, 0.5) is 0 Å². The van der Waals surface area contributed by atoms with Crippen molar-refractivity contribution in [3.63, 3.8) is 0 Å². The molecule has 0 amide bonds. The molecule has 0 aromatic heterocycles. The lowest BCUT2D eigenvalue weighted by Gasteiger charge is -2.14. The molecule has 0 unspecified atom stereocenters. The van der Waals surface area contributed by atoms with Crippen LogP contribution in [0.25, 0.3) is 0 Å². The summed E-state index contributed by atoms with van der Waals surface area (Å²) in [4.78, 5) is 4.09. The van der Waals surface area contributed by atoms with Crippen LogP contribution in [0.1, 0.15) is 20.3 Å². The van der Waals surface area contributed by atoms with Crippen LogP contribution in [0.2, 0.25) is 0 Å². The quantitative estimate of drug-likeness (QED) is 0.612. The number of aliphatic imine (C=N–C) groups is 1. The van der Waals surface area contributed by atoms with Gasteiger partial charge in [0.05, 0.1) is 0 Å². The molecular weight excluding hydrogens is 124 g/mol. The van der Waals surface area contributed by atoms with E-state index < -0.39 is 0 Å². The number of hydrogen-bond acceptors (Lipinski definition) is 2. The fourth-order valence-corrected chi connectivity index (χ4v) is 0.977. The highest BCUT2D eigenvalue weighted by Gasteiger charge is 1.99. The van der Waals surface area contributed by atoms with Crippen LogP contribution in [-0.4, -0.2) is 18.8 Å². The van der Waals surface area contributed by atoms with Crippen molar-refractivity contribution in [2.24, 2.45) is 4.99 Å². The van der Waals surface area contributed by atoms with E-state index in [1.165, 1.54) is 5.70 Å². The molecule has 0 aromatic carbocycles. The number of allylic oxidation sites excluding steroid dienone is 1. The van der Waals surface area contributed by atoms with Gasteiger partial charge in [0.15, 0.2) is 0 Å². The molecule has 0 aliphatic carbocycles. The molecule has 56 valence electrons. The van der Waals surface area contributed by atoms with Crippen LogP contribution in [0.3, 0.4) is 0 Å². The highest BCUT2D eigenvalue weighted by molar-refractivity contribution is 5.72. The van der Waals surface area contributed by atoms with Crippen molar-refractivity contribution in [1.29, 1.82) is 0 Å². The van der Waals surface area contributed by atoms with Crippen molar-refractivity contribution in [2.45, 2.75) is 26.3 Å². The van der Waals surface area contributed by atoms with E-state index in [1.54, 1.807) is 0 Å². The van der Waals surface area contributed by atoms with Crippen molar-refractivity contribution in [1.82, 2.24) is 5.32 Å². The van der Waals surface area contributed by atoms with Gasteiger partial charge in [-0.05, 0) is 19.9 Å². The first-order valence-corrected chi connectivity index (χ1v) is 3.74. The van der Waals surface area contributed by atoms with Crippen molar-refractivity contribution in [2.75, 3.05) is 6.54 Å². The van der Waals surface area contributed by atoms with Crippen LogP contribution in [0.5, 0.6) is 0 Å².